The molecule has 0 radical (unpaired) electrons. The quantitative estimate of drug-likeness (QED) is 0.761. The van der Waals surface area contributed by atoms with Crippen molar-refractivity contribution >= 4 is 23.9 Å². The lowest BCUT2D eigenvalue weighted by atomic mass is 10.1. The molecular formula is C18H20N2O4. The second kappa shape index (κ2) is 8.01. The SMILES string of the molecule is CC(C)(COC=O)Oc1ccc(NC(=O)Nc2ccccc2)cc1. The van der Waals surface area contributed by atoms with E-state index in [9.17, 15) is 9.59 Å². The number of carbonyl (C=O) groups excluding carboxylic acids is 2. The predicted octanol–water partition coefficient (Wildman–Crippen LogP) is 3.66. The Hall–Kier alpha value is -3.02. The highest BCUT2D eigenvalue weighted by atomic mass is 16.6. The van der Waals surface area contributed by atoms with E-state index in [-0.39, 0.29) is 12.6 Å². The number of benzene rings is 2. The molecule has 0 spiro atoms. The van der Waals surface area contributed by atoms with Gasteiger partial charge in [0.25, 0.3) is 6.47 Å². The van der Waals surface area contributed by atoms with Crippen LogP contribution in [-0.4, -0.2) is 24.7 Å². The standard InChI is InChI=1S/C18H20N2O4/c1-18(2,12-23-13-21)24-16-10-8-15(9-11-16)20-17(22)19-14-6-4-3-5-7-14/h3-11,13H,12H2,1-2H3,(H2,19,20,22). The Morgan fingerprint density at radius 3 is 2.17 bits per heavy atom. The fourth-order valence-electron chi connectivity index (χ4n) is 2.00. The summed E-state index contributed by atoms with van der Waals surface area (Å²) in [5.74, 6) is 0.614. The molecule has 0 fully saturated rings. The molecule has 2 aromatic carbocycles. The molecular weight excluding hydrogens is 308 g/mol. The molecule has 0 bridgehead atoms. The molecule has 6 nitrogen and oxygen atoms in total. The van der Waals surface area contributed by atoms with Crippen molar-refractivity contribution in [3.63, 3.8) is 0 Å². The number of urea groups is 1. The van der Waals surface area contributed by atoms with Gasteiger partial charge in [0, 0.05) is 11.4 Å². The number of hydrogen-bond donors (Lipinski definition) is 2. The lowest BCUT2D eigenvalue weighted by molar-refractivity contribution is -0.133. The zero-order chi connectivity index (χ0) is 17.4. The molecule has 2 amide bonds. The van der Waals surface area contributed by atoms with Gasteiger partial charge in [-0.15, -0.1) is 0 Å². The Morgan fingerprint density at radius 1 is 1.00 bits per heavy atom. The second-order valence-corrected chi connectivity index (χ2v) is 5.74. The van der Waals surface area contributed by atoms with Gasteiger partial charge in [0.05, 0.1) is 0 Å². The summed E-state index contributed by atoms with van der Waals surface area (Å²) in [7, 11) is 0. The van der Waals surface area contributed by atoms with Crippen LogP contribution in [0.1, 0.15) is 13.8 Å². The average molecular weight is 328 g/mol. The van der Waals surface area contributed by atoms with Gasteiger partial charge >= 0.3 is 6.03 Å². The highest BCUT2D eigenvalue weighted by molar-refractivity contribution is 5.99. The van der Waals surface area contributed by atoms with Gasteiger partial charge in [-0.05, 0) is 50.2 Å². The van der Waals surface area contributed by atoms with Gasteiger partial charge in [-0.2, -0.15) is 0 Å². The maximum absolute atomic E-state index is 11.9. The fraction of sp³-hybridized carbons (Fsp3) is 0.222. The van der Waals surface area contributed by atoms with Crippen molar-refractivity contribution in [3.05, 3.63) is 54.6 Å². The zero-order valence-electron chi connectivity index (χ0n) is 13.6. The molecule has 0 saturated heterocycles. The van der Waals surface area contributed by atoms with E-state index >= 15 is 0 Å². The molecule has 0 saturated carbocycles. The van der Waals surface area contributed by atoms with Crippen LogP contribution in [0.5, 0.6) is 5.75 Å². The summed E-state index contributed by atoms with van der Waals surface area (Å²) in [4.78, 5) is 22.2. The van der Waals surface area contributed by atoms with E-state index in [0.29, 0.717) is 23.6 Å². The van der Waals surface area contributed by atoms with Gasteiger partial charge in [0.1, 0.15) is 18.0 Å². The highest BCUT2D eigenvalue weighted by Gasteiger charge is 2.20. The molecule has 0 atom stereocenters. The Labute approximate surface area is 140 Å². The minimum Gasteiger partial charge on any atom is -0.484 e. The van der Waals surface area contributed by atoms with Crippen LogP contribution in [-0.2, 0) is 9.53 Å². The summed E-state index contributed by atoms with van der Waals surface area (Å²) in [6, 6.07) is 15.8. The Bertz CT molecular complexity index is 669. The third-order valence-corrected chi connectivity index (χ3v) is 3.04. The first-order valence-corrected chi connectivity index (χ1v) is 7.46. The lowest BCUT2D eigenvalue weighted by Crippen LogP contribution is -2.33. The van der Waals surface area contributed by atoms with Crippen molar-refractivity contribution in [2.24, 2.45) is 0 Å². The minimum atomic E-state index is -0.638. The molecule has 126 valence electrons. The van der Waals surface area contributed by atoms with Crippen molar-refractivity contribution in [1.29, 1.82) is 0 Å². The number of rotatable bonds is 7. The number of anilines is 2. The number of amides is 2. The van der Waals surface area contributed by atoms with Crippen LogP contribution in [0.25, 0.3) is 0 Å². The molecule has 6 heteroatoms. The summed E-state index contributed by atoms with van der Waals surface area (Å²) in [6.45, 7) is 4.17. The van der Waals surface area contributed by atoms with Crippen LogP contribution >= 0.6 is 0 Å². The summed E-state index contributed by atoms with van der Waals surface area (Å²) in [5.41, 5.74) is 0.713. The lowest BCUT2D eigenvalue weighted by Gasteiger charge is -2.25. The number of carbonyl (C=O) groups is 2. The average Bonchev–Trinajstić information content (AvgIpc) is 2.55. The van der Waals surface area contributed by atoms with E-state index in [1.54, 1.807) is 36.4 Å². The minimum absolute atomic E-state index is 0.149. The van der Waals surface area contributed by atoms with Crippen molar-refractivity contribution in [2.45, 2.75) is 19.4 Å². The first-order valence-electron chi connectivity index (χ1n) is 7.46. The summed E-state index contributed by atoms with van der Waals surface area (Å²) < 4.78 is 10.5. The third-order valence-electron chi connectivity index (χ3n) is 3.04. The zero-order valence-corrected chi connectivity index (χ0v) is 13.6. The normalized spacial score (nSPS) is 10.6. The van der Waals surface area contributed by atoms with Gasteiger partial charge in [-0.1, -0.05) is 18.2 Å². The van der Waals surface area contributed by atoms with Gasteiger partial charge < -0.3 is 20.1 Å². The van der Waals surface area contributed by atoms with E-state index in [1.165, 1.54) is 0 Å². The molecule has 0 unspecified atom stereocenters. The Kier molecular flexibility index (Phi) is 5.78. The van der Waals surface area contributed by atoms with Crippen molar-refractivity contribution in [2.75, 3.05) is 17.2 Å². The molecule has 2 rings (SSSR count). The highest BCUT2D eigenvalue weighted by Crippen LogP contribution is 2.21. The van der Waals surface area contributed by atoms with Gasteiger partial charge in [-0.3, -0.25) is 4.79 Å². The molecule has 2 N–H and O–H groups in total. The Balaban J connectivity index is 1.89. The van der Waals surface area contributed by atoms with Crippen molar-refractivity contribution in [3.8, 4) is 5.75 Å². The molecule has 24 heavy (non-hydrogen) atoms. The van der Waals surface area contributed by atoms with Crippen molar-refractivity contribution < 1.29 is 19.1 Å². The first-order chi connectivity index (χ1) is 11.5. The number of hydrogen-bond acceptors (Lipinski definition) is 4. The van der Waals surface area contributed by atoms with E-state index in [0.717, 1.165) is 0 Å². The number of ether oxygens (including phenoxy) is 2. The summed E-state index contributed by atoms with van der Waals surface area (Å²) in [6.07, 6.45) is 0. The monoisotopic (exact) mass is 328 g/mol. The van der Waals surface area contributed by atoms with E-state index in [1.807, 2.05) is 32.0 Å². The number of para-hydroxylation sites is 1. The van der Waals surface area contributed by atoms with E-state index < -0.39 is 5.60 Å². The third kappa shape index (κ3) is 5.64. The van der Waals surface area contributed by atoms with Crippen LogP contribution in [0, 0.1) is 0 Å². The maximum atomic E-state index is 11.9. The number of nitrogens with one attached hydrogen (secondary N) is 2. The maximum Gasteiger partial charge on any atom is 0.323 e. The smallest absolute Gasteiger partial charge is 0.323 e. The molecule has 0 heterocycles. The molecule has 2 aromatic rings. The topological polar surface area (TPSA) is 76.7 Å². The second-order valence-electron chi connectivity index (χ2n) is 5.74. The van der Waals surface area contributed by atoms with Crippen LogP contribution in [0.2, 0.25) is 0 Å². The van der Waals surface area contributed by atoms with Crippen LogP contribution in [0.3, 0.4) is 0 Å². The first kappa shape index (κ1) is 17.3. The van der Waals surface area contributed by atoms with E-state index in [4.69, 9.17) is 9.47 Å². The van der Waals surface area contributed by atoms with Crippen molar-refractivity contribution in [1.82, 2.24) is 0 Å². The molecule has 0 aliphatic carbocycles. The largest absolute Gasteiger partial charge is 0.484 e. The fourth-order valence-corrected chi connectivity index (χ4v) is 2.00. The van der Waals surface area contributed by atoms with Gasteiger partial charge in [0.2, 0.25) is 0 Å². The molecule has 0 aliphatic rings. The summed E-state index contributed by atoms with van der Waals surface area (Å²) in [5, 5.41) is 5.47. The van der Waals surface area contributed by atoms with Crippen LogP contribution in [0.4, 0.5) is 16.2 Å². The van der Waals surface area contributed by atoms with E-state index in [2.05, 4.69) is 10.6 Å². The van der Waals surface area contributed by atoms with Crippen LogP contribution < -0.4 is 15.4 Å². The molecule has 0 aliphatic heterocycles. The molecule has 0 aromatic heterocycles. The summed E-state index contributed by atoms with van der Waals surface area (Å²) >= 11 is 0. The van der Waals surface area contributed by atoms with Gasteiger partial charge in [0.15, 0.2) is 0 Å². The predicted molar refractivity (Wildman–Crippen MR) is 92.2 cm³/mol. The van der Waals surface area contributed by atoms with Crippen LogP contribution in [0.15, 0.2) is 54.6 Å². The Morgan fingerprint density at radius 2 is 1.58 bits per heavy atom. The van der Waals surface area contributed by atoms with Gasteiger partial charge in [-0.25, -0.2) is 4.79 Å².